The van der Waals surface area contributed by atoms with E-state index in [0.717, 1.165) is 18.8 Å². The number of ether oxygens (including phenoxy) is 1. The van der Waals surface area contributed by atoms with Crippen molar-refractivity contribution in [2.45, 2.75) is 18.4 Å². The average Bonchev–Trinajstić information content (AvgIpc) is 2.89. The molecule has 0 aromatic carbocycles. The molecule has 3 heterocycles. The molecule has 3 rings (SSSR count). The molecule has 8 heteroatoms. The number of aromatic nitrogens is 1. The summed E-state index contributed by atoms with van der Waals surface area (Å²) >= 11 is 0. The van der Waals surface area contributed by atoms with E-state index >= 15 is 0 Å². The van der Waals surface area contributed by atoms with Gasteiger partial charge in [0.1, 0.15) is 5.82 Å². The largest absolute Gasteiger partial charge is 0.378 e. The van der Waals surface area contributed by atoms with Gasteiger partial charge in [-0.25, -0.2) is 13.8 Å². The minimum atomic E-state index is -2.82. The Morgan fingerprint density at radius 1 is 1.41 bits per heavy atom. The number of halogens is 2. The molecule has 0 aliphatic carbocycles. The summed E-state index contributed by atoms with van der Waals surface area (Å²) in [6, 6.07) is 2.65. The zero-order valence-corrected chi connectivity index (χ0v) is 12.0. The number of carbonyl (C=O) groups excluding carboxylic acids is 1. The number of hydrogen-bond acceptors (Lipinski definition) is 5. The highest BCUT2D eigenvalue weighted by atomic mass is 19.3. The number of amides is 1. The number of carbonyl (C=O) groups is 1. The highest BCUT2D eigenvalue weighted by Crippen LogP contribution is 2.25. The summed E-state index contributed by atoms with van der Waals surface area (Å²) < 4.78 is 31.4. The molecule has 0 radical (unpaired) electrons. The third kappa shape index (κ3) is 3.50. The first kappa shape index (κ1) is 15.1. The Morgan fingerprint density at radius 2 is 2.18 bits per heavy atom. The summed E-state index contributed by atoms with van der Waals surface area (Å²) in [7, 11) is 0. The van der Waals surface area contributed by atoms with Crippen LogP contribution >= 0.6 is 0 Å². The summed E-state index contributed by atoms with van der Waals surface area (Å²) in [5, 5.41) is 5.08. The smallest absolute Gasteiger partial charge is 0.262 e. The second-order valence-electron chi connectivity index (χ2n) is 5.48. The summed E-state index contributed by atoms with van der Waals surface area (Å²) in [5.41, 5.74) is 0.951. The van der Waals surface area contributed by atoms with Crippen LogP contribution in [0.3, 0.4) is 0 Å². The van der Waals surface area contributed by atoms with Crippen LogP contribution in [-0.2, 0) is 9.53 Å². The maximum Gasteiger partial charge on any atom is 0.262 e. The zero-order valence-electron chi connectivity index (χ0n) is 12.0. The lowest BCUT2D eigenvalue weighted by molar-refractivity contribution is -0.118. The molecule has 2 fully saturated rings. The van der Waals surface area contributed by atoms with Crippen LogP contribution in [0.15, 0.2) is 18.3 Å². The Balaban J connectivity index is 1.58. The molecule has 2 aliphatic heterocycles. The SMILES string of the molecule is O=C(Nc1ccc(N2CCOCC2)cn1)C1CC(F)(F)CN1. The summed E-state index contributed by atoms with van der Waals surface area (Å²) in [4.78, 5) is 18.2. The van der Waals surface area contributed by atoms with Crippen molar-refractivity contribution in [3.05, 3.63) is 18.3 Å². The van der Waals surface area contributed by atoms with Crippen LogP contribution in [0.25, 0.3) is 0 Å². The number of anilines is 2. The minimum Gasteiger partial charge on any atom is -0.378 e. The lowest BCUT2D eigenvalue weighted by Gasteiger charge is -2.28. The zero-order chi connectivity index (χ0) is 15.6. The topological polar surface area (TPSA) is 66.5 Å². The number of nitrogens with one attached hydrogen (secondary N) is 2. The van der Waals surface area contributed by atoms with Crippen LogP contribution in [0.1, 0.15) is 6.42 Å². The lowest BCUT2D eigenvalue weighted by atomic mass is 10.2. The van der Waals surface area contributed by atoms with E-state index in [4.69, 9.17) is 4.74 Å². The van der Waals surface area contributed by atoms with E-state index in [9.17, 15) is 13.6 Å². The van der Waals surface area contributed by atoms with Crippen LogP contribution in [0, 0.1) is 0 Å². The van der Waals surface area contributed by atoms with Crippen LogP contribution in [0.4, 0.5) is 20.3 Å². The molecule has 22 heavy (non-hydrogen) atoms. The highest BCUT2D eigenvalue weighted by Gasteiger charge is 2.42. The second-order valence-corrected chi connectivity index (χ2v) is 5.48. The molecular weight excluding hydrogens is 294 g/mol. The van der Waals surface area contributed by atoms with Crippen molar-refractivity contribution in [1.29, 1.82) is 0 Å². The van der Waals surface area contributed by atoms with E-state index < -0.39 is 30.8 Å². The van der Waals surface area contributed by atoms with Crippen molar-refractivity contribution in [3.8, 4) is 0 Å². The van der Waals surface area contributed by atoms with Crippen molar-refractivity contribution in [2.75, 3.05) is 43.1 Å². The van der Waals surface area contributed by atoms with Gasteiger partial charge in [-0.1, -0.05) is 0 Å². The third-order valence-electron chi connectivity index (χ3n) is 3.80. The first-order valence-corrected chi connectivity index (χ1v) is 7.24. The van der Waals surface area contributed by atoms with E-state index in [1.54, 1.807) is 12.3 Å². The molecule has 2 aliphatic rings. The molecule has 0 saturated carbocycles. The Bertz CT molecular complexity index is 532. The Hall–Kier alpha value is -1.80. The van der Waals surface area contributed by atoms with Crippen molar-refractivity contribution in [2.24, 2.45) is 0 Å². The summed E-state index contributed by atoms with van der Waals surface area (Å²) in [6.07, 6.45) is 1.18. The molecule has 120 valence electrons. The fourth-order valence-corrected chi connectivity index (χ4v) is 2.58. The van der Waals surface area contributed by atoms with Crippen molar-refractivity contribution >= 4 is 17.4 Å². The number of alkyl halides is 2. The maximum absolute atomic E-state index is 13.1. The first-order valence-electron chi connectivity index (χ1n) is 7.24. The quantitative estimate of drug-likeness (QED) is 0.866. The molecule has 1 aromatic heterocycles. The van der Waals surface area contributed by atoms with Gasteiger partial charge in [-0.15, -0.1) is 0 Å². The monoisotopic (exact) mass is 312 g/mol. The molecule has 0 bridgehead atoms. The predicted octanol–water partition coefficient (Wildman–Crippen LogP) is 0.854. The lowest BCUT2D eigenvalue weighted by Crippen LogP contribution is -2.36. The molecule has 0 spiro atoms. The van der Waals surface area contributed by atoms with Crippen molar-refractivity contribution in [1.82, 2.24) is 10.3 Å². The van der Waals surface area contributed by atoms with E-state index in [0.29, 0.717) is 19.0 Å². The number of hydrogen-bond donors (Lipinski definition) is 2. The Morgan fingerprint density at radius 3 is 2.77 bits per heavy atom. The normalized spacial score (nSPS) is 24.3. The van der Waals surface area contributed by atoms with Gasteiger partial charge in [-0.05, 0) is 12.1 Å². The van der Waals surface area contributed by atoms with Gasteiger partial charge in [0, 0.05) is 19.5 Å². The van der Waals surface area contributed by atoms with Gasteiger partial charge in [-0.3, -0.25) is 10.1 Å². The fraction of sp³-hybridized carbons (Fsp3) is 0.571. The standard InChI is InChI=1S/C14H18F2N4O2/c15-14(16)7-11(18-9-14)13(21)19-12-2-1-10(8-17-12)20-3-5-22-6-4-20/h1-2,8,11,18H,3-7,9H2,(H,17,19,21). The van der Waals surface area contributed by atoms with Gasteiger partial charge in [0.05, 0.1) is 37.7 Å². The molecule has 1 atom stereocenters. The number of pyridine rings is 1. The molecule has 1 amide bonds. The van der Waals surface area contributed by atoms with Gasteiger partial charge < -0.3 is 15.0 Å². The molecule has 1 unspecified atom stereocenters. The summed E-state index contributed by atoms with van der Waals surface area (Å²) in [6.45, 7) is 2.50. The average molecular weight is 312 g/mol. The van der Waals surface area contributed by atoms with E-state index in [1.807, 2.05) is 6.07 Å². The van der Waals surface area contributed by atoms with Gasteiger partial charge in [0.25, 0.3) is 5.92 Å². The summed E-state index contributed by atoms with van der Waals surface area (Å²) in [5.74, 6) is -2.95. The van der Waals surface area contributed by atoms with Crippen LogP contribution in [-0.4, -0.2) is 55.7 Å². The van der Waals surface area contributed by atoms with E-state index in [1.165, 1.54) is 0 Å². The van der Waals surface area contributed by atoms with E-state index in [2.05, 4.69) is 20.5 Å². The van der Waals surface area contributed by atoms with Crippen LogP contribution in [0.5, 0.6) is 0 Å². The third-order valence-corrected chi connectivity index (χ3v) is 3.80. The Labute approximate surface area is 126 Å². The molecule has 6 nitrogen and oxygen atoms in total. The first-order chi connectivity index (χ1) is 10.5. The predicted molar refractivity (Wildman–Crippen MR) is 77.3 cm³/mol. The minimum absolute atomic E-state index is 0.360. The van der Waals surface area contributed by atoms with Gasteiger partial charge in [-0.2, -0.15) is 0 Å². The second kappa shape index (κ2) is 6.13. The van der Waals surface area contributed by atoms with Crippen molar-refractivity contribution < 1.29 is 18.3 Å². The maximum atomic E-state index is 13.1. The molecule has 1 aromatic rings. The number of rotatable bonds is 3. The van der Waals surface area contributed by atoms with E-state index in [-0.39, 0.29) is 0 Å². The molecule has 2 saturated heterocycles. The molecular formula is C14H18F2N4O2. The highest BCUT2D eigenvalue weighted by molar-refractivity contribution is 5.94. The fourth-order valence-electron chi connectivity index (χ4n) is 2.58. The molecule has 2 N–H and O–H groups in total. The van der Waals surface area contributed by atoms with Gasteiger partial charge in [0.15, 0.2) is 0 Å². The van der Waals surface area contributed by atoms with Gasteiger partial charge >= 0.3 is 0 Å². The van der Waals surface area contributed by atoms with Gasteiger partial charge in [0.2, 0.25) is 5.91 Å². The number of morpholine rings is 1. The van der Waals surface area contributed by atoms with Crippen molar-refractivity contribution in [3.63, 3.8) is 0 Å². The number of nitrogens with zero attached hydrogens (tertiary/aromatic N) is 2. The van der Waals surface area contributed by atoms with Crippen LogP contribution in [0.2, 0.25) is 0 Å². The van der Waals surface area contributed by atoms with Crippen LogP contribution < -0.4 is 15.5 Å². The Kier molecular flexibility index (Phi) is 4.21.